The fourth-order valence-electron chi connectivity index (χ4n) is 2.41. The van der Waals surface area contributed by atoms with Crippen LogP contribution < -0.4 is 0 Å². The molecule has 1 aromatic heterocycles. The van der Waals surface area contributed by atoms with Crippen molar-refractivity contribution >= 4 is 17.7 Å². The average Bonchev–Trinajstić information content (AvgIpc) is 2.63. The van der Waals surface area contributed by atoms with Crippen LogP contribution in [0.4, 0.5) is 0 Å². The molecule has 25 heavy (non-hydrogen) atoms. The molecule has 0 aliphatic heterocycles. The second-order valence-electron chi connectivity index (χ2n) is 6.22. The van der Waals surface area contributed by atoms with E-state index < -0.39 is 0 Å². The third kappa shape index (κ3) is 6.18. The van der Waals surface area contributed by atoms with Gasteiger partial charge in [0.2, 0.25) is 0 Å². The lowest BCUT2D eigenvalue weighted by molar-refractivity contribution is 0.0727. The highest BCUT2D eigenvalue weighted by Gasteiger charge is 2.20. The summed E-state index contributed by atoms with van der Waals surface area (Å²) in [5, 5.41) is 0.831. The first-order valence-corrected chi connectivity index (χ1v) is 9.66. The van der Waals surface area contributed by atoms with Crippen LogP contribution >= 0.6 is 11.8 Å². The van der Waals surface area contributed by atoms with Crippen LogP contribution in [0.3, 0.4) is 0 Å². The summed E-state index contributed by atoms with van der Waals surface area (Å²) < 4.78 is 0. The third-order valence-corrected chi connectivity index (χ3v) is 4.98. The van der Waals surface area contributed by atoms with Gasteiger partial charge in [-0.05, 0) is 44.0 Å². The van der Waals surface area contributed by atoms with Gasteiger partial charge < -0.3 is 9.80 Å². The smallest absolute Gasteiger partial charge is 0.256 e. The van der Waals surface area contributed by atoms with E-state index in [0.717, 1.165) is 29.3 Å². The molecule has 0 saturated heterocycles. The van der Waals surface area contributed by atoms with Crippen molar-refractivity contribution < 1.29 is 4.79 Å². The molecule has 1 aromatic carbocycles. The molecule has 0 aliphatic carbocycles. The number of carbonyl (C=O) groups excluding carboxylic acids is 1. The van der Waals surface area contributed by atoms with Crippen LogP contribution in [0.25, 0.3) is 0 Å². The molecule has 5 heteroatoms. The van der Waals surface area contributed by atoms with Crippen molar-refractivity contribution in [2.75, 3.05) is 32.9 Å². The maximum atomic E-state index is 13.2. The maximum Gasteiger partial charge on any atom is 0.256 e. The highest BCUT2D eigenvalue weighted by atomic mass is 32.2. The minimum atomic E-state index is 0.0532. The molecule has 0 N–H and O–H groups in total. The van der Waals surface area contributed by atoms with Crippen LogP contribution in [0.2, 0.25) is 0 Å². The molecule has 4 nitrogen and oxygen atoms in total. The van der Waals surface area contributed by atoms with Crippen LogP contribution in [-0.4, -0.2) is 53.6 Å². The predicted octanol–water partition coefficient (Wildman–Crippen LogP) is 3.79. The van der Waals surface area contributed by atoms with Gasteiger partial charge in [0.1, 0.15) is 5.03 Å². The Morgan fingerprint density at radius 2 is 1.84 bits per heavy atom. The first-order valence-electron chi connectivity index (χ1n) is 8.67. The Balaban J connectivity index is 2.22. The van der Waals surface area contributed by atoms with Crippen molar-refractivity contribution in [2.45, 2.75) is 24.9 Å². The molecule has 1 heterocycles. The van der Waals surface area contributed by atoms with Crippen LogP contribution in [0.5, 0.6) is 0 Å². The molecular weight excluding hydrogens is 330 g/mol. The van der Waals surface area contributed by atoms with E-state index in [0.29, 0.717) is 18.7 Å². The summed E-state index contributed by atoms with van der Waals surface area (Å²) in [6, 6.07) is 13.9. The summed E-state index contributed by atoms with van der Waals surface area (Å²) in [5.74, 6) is 1.02. The molecule has 0 spiro atoms. The highest BCUT2D eigenvalue weighted by Crippen LogP contribution is 2.22. The summed E-state index contributed by atoms with van der Waals surface area (Å²) in [5.41, 5.74) is 1.84. The molecule has 2 rings (SSSR count). The number of carbonyl (C=O) groups is 1. The first-order chi connectivity index (χ1) is 12.1. The zero-order valence-electron chi connectivity index (χ0n) is 15.3. The topological polar surface area (TPSA) is 36.4 Å². The van der Waals surface area contributed by atoms with E-state index in [-0.39, 0.29) is 5.91 Å². The number of benzene rings is 1. The number of likely N-dealkylation sites (N-methyl/N-ethyl adjacent to an activating group) is 1. The lowest BCUT2D eigenvalue weighted by atomic mass is 10.2. The zero-order chi connectivity index (χ0) is 18.1. The second kappa shape index (κ2) is 10.2. The molecule has 0 radical (unpaired) electrons. The molecule has 0 saturated carbocycles. The summed E-state index contributed by atoms with van der Waals surface area (Å²) in [4.78, 5) is 21.6. The number of rotatable bonds is 9. The number of pyridine rings is 1. The Labute approximate surface area is 155 Å². The van der Waals surface area contributed by atoms with E-state index in [1.54, 1.807) is 18.0 Å². The Bertz CT molecular complexity index is 661. The highest BCUT2D eigenvalue weighted by molar-refractivity contribution is 7.99. The summed E-state index contributed by atoms with van der Waals surface area (Å²) in [7, 11) is 4.05. The van der Waals surface area contributed by atoms with Gasteiger partial charge in [0, 0.05) is 25.8 Å². The van der Waals surface area contributed by atoms with Crippen molar-refractivity contribution in [3.8, 4) is 0 Å². The minimum absolute atomic E-state index is 0.0532. The summed E-state index contributed by atoms with van der Waals surface area (Å²) in [6.45, 7) is 4.26. The number of nitrogens with zero attached hydrogens (tertiary/aromatic N) is 3. The summed E-state index contributed by atoms with van der Waals surface area (Å²) in [6.07, 6.45) is 2.82. The summed E-state index contributed by atoms with van der Waals surface area (Å²) >= 11 is 1.65. The van der Waals surface area contributed by atoms with Gasteiger partial charge in [-0.25, -0.2) is 4.98 Å². The standard InChI is InChI=1S/C20H27N3OS/c1-4-15-25-19-18(11-8-12-21-19)20(24)23(14-13-22(2)3)16-17-9-6-5-7-10-17/h5-12H,4,13-16H2,1-3H3. The van der Waals surface area contributed by atoms with Crippen molar-refractivity contribution in [1.82, 2.24) is 14.8 Å². The first kappa shape index (κ1) is 19.5. The quantitative estimate of drug-likeness (QED) is 0.640. The van der Waals surface area contributed by atoms with Crippen molar-refractivity contribution in [3.63, 3.8) is 0 Å². The van der Waals surface area contributed by atoms with Crippen LogP contribution in [0.1, 0.15) is 29.3 Å². The minimum Gasteiger partial charge on any atom is -0.333 e. The average molecular weight is 358 g/mol. The Morgan fingerprint density at radius 1 is 1.08 bits per heavy atom. The number of hydrogen-bond donors (Lipinski definition) is 0. The Hall–Kier alpha value is -1.85. The number of thioether (sulfide) groups is 1. The van der Waals surface area contributed by atoms with Crippen molar-refractivity contribution in [2.24, 2.45) is 0 Å². The van der Waals surface area contributed by atoms with E-state index in [1.807, 2.05) is 49.3 Å². The van der Waals surface area contributed by atoms with E-state index in [1.165, 1.54) is 0 Å². The molecule has 134 valence electrons. The van der Waals surface area contributed by atoms with Gasteiger partial charge in [-0.1, -0.05) is 37.3 Å². The largest absolute Gasteiger partial charge is 0.333 e. The Morgan fingerprint density at radius 3 is 2.52 bits per heavy atom. The molecule has 1 amide bonds. The second-order valence-corrected chi connectivity index (χ2v) is 7.30. The normalized spacial score (nSPS) is 10.9. The van der Waals surface area contributed by atoms with Gasteiger partial charge in [-0.2, -0.15) is 0 Å². The van der Waals surface area contributed by atoms with Gasteiger partial charge in [0.05, 0.1) is 5.56 Å². The van der Waals surface area contributed by atoms with Gasteiger partial charge in [0.25, 0.3) is 5.91 Å². The zero-order valence-corrected chi connectivity index (χ0v) is 16.1. The van der Waals surface area contributed by atoms with Crippen LogP contribution in [-0.2, 0) is 6.54 Å². The number of amides is 1. The molecule has 0 unspecified atom stereocenters. The third-order valence-electron chi connectivity index (χ3n) is 3.77. The molecule has 0 fully saturated rings. The molecular formula is C20H27N3OS. The fourth-order valence-corrected chi connectivity index (χ4v) is 3.26. The van der Waals surface area contributed by atoms with E-state index in [9.17, 15) is 4.79 Å². The van der Waals surface area contributed by atoms with Gasteiger partial charge in [-0.3, -0.25) is 4.79 Å². The van der Waals surface area contributed by atoms with Crippen LogP contribution in [0.15, 0.2) is 53.7 Å². The van der Waals surface area contributed by atoms with E-state index >= 15 is 0 Å². The molecule has 0 atom stereocenters. The predicted molar refractivity (Wildman–Crippen MR) is 105 cm³/mol. The van der Waals surface area contributed by atoms with Crippen LogP contribution in [0, 0.1) is 0 Å². The SMILES string of the molecule is CCCSc1ncccc1C(=O)N(CCN(C)C)Cc1ccccc1. The van der Waals surface area contributed by atoms with Gasteiger partial charge >= 0.3 is 0 Å². The fraction of sp³-hybridized carbons (Fsp3) is 0.400. The number of aromatic nitrogens is 1. The van der Waals surface area contributed by atoms with Gasteiger partial charge in [-0.15, -0.1) is 11.8 Å². The Kier molecular flexibility index (Phi) is 7.95. The molecule has 0 aliphatic rings. The van der Waals surface area contributed by atoms with Crippen molar-refractivity contribution in [1.29, 1.82) is 0 Å². The van der Waals surface area contributed by atoms with Crippen molar-refractivity contribution in [3.05, 3.63) is 59.8 Å². The maximum absolute atomic E-state index is 13.2. The van der Waals surface area contributed by atoms with E-state index in [2.05, 4.69) is 28.9 Å². The lowest BCUT2D eigenvalue weighted by Crippen LogP contribution is -2.36. The van der Waals surface area contributed by atoms with Gasteiger partial charge in [0.15, 0.2) is 0 Å². The number of hydrogen-bond acceptors (Lipinski definition) is 4. The molecule has 0 bridgehead atoms. The monoisotopic (exact) mass is 357 g/mol. The molecule has 2 aromatic rings. The lowest BCUT2D eigenvalue weighted by Gasteiger charge is -2.25. The van der Waals surface area contributed by atoms with E-state index in [4.69, 9.17) is 0 Å².